The minimum Gasteiger partial charge on any atom is -0.379 e. The topological polar surface area (TPSA) is 24.5 Å². The van der Waals surface area contributed by atoms with E-state index in [1.165, 1.54) is 0 Å². The normalized spacial score (nSPS) is 24.5. The van der Waals surface area contributed by atoms with Gasteiger partial charge in [0.15, 0.2) is 0 Å². The zero-order chi connectivity index (χ0) is 11.3. The number of morpholine rings is 1. The average Bonchev–Trinajstić information content (AvgIpc) is 2.31. The molecule has 88 valence electrons. The molecular weight excluding hydrogens is 188 g/mol. The van der Waals surface area contributed by atoms with Gasteiger partial charge in [-0.05, 0) is 20.4 Å². The first kappa shape index (κ1) is 12.7. The highest BCUT2D eigenvalue weighted by Gasteiger charge is 2.36. The fourth-order valence-electron chi connectivity index (χ4n) is 2.40. The van der Waals surface area contributed by atoms with Gasteiger partial charge >= 0.3 is 0 Å². The van der Waals surface area contributed by atoms with Crippen LogP contribution in [0.3, 0.4) is 0 Å². The summed E-state index contributed by atoms with van der Waals surface area (Å²) in [6.45, 7) is 12.2. The van der Waals surface area contributed by atoms with Crippen LogP contribution in [-0.2, 0) is 4.74 Å². The highest BCUT2D eigenvalue weighted by Crippen LogP contribution is 2.25. The molecule has 1 rings (SSSR count). The zero-order valence-electron chi connectivity index (χ0n) is 10.3. The van der Waals surface area contributed by atoms with Crippen LogP contribution in [0.15, 0.2) is 12.7 Å². The Kier molecular flexibility index (Phi) is 4.77. The van der Waals surface area contributed by atoms with Crippen LogP contribution >= 0.6 is 0 Å². The molecule has 0 saturated carbocycles. The lowest BCUT2D eigenvalue weighted by atomic mass is 9.87. The SMILES string of the molecule is C=CC(NC)C(C)(CC)N1CCOCC1. The van der Waals surface area contributed by atoms with Gasteiger partial charge in [-0.1, -0.05) is 13.0 Å². The predicted octanol–water partition coefficient (Wildman–Crippen LogP) is 1.26. The first-order chi connectivity index (χ1) is 7.19. The second-order valence-electron chi connectivity index (χ2n) is 4.31. The Balaban J connectivity index is 2.76. The number of nitrogens with zero attached hydrogens (tertiary/aromatic N) is 1. The molecule has 2 atom stereocenters. The summed E-state index contributed by atoms with van der Waals surface area (Å²) in [7, 11) is 2.00. The van der Waals surface area contributed by atoms with Crippen LogP contribution in [0.1, 0.15) is 20.3 Å². The molecule has 0 aromatic carbocycles. The largest absolute Gasteiger partial charge is 0.379 e. The molecule has 0 aromatic rings. The maximum atomic E-state index is 5.40. The molecule has 1 aliphatic heterocycles. The van der Waals surface area contributed by atoms with Crippen LogP contribution in [0.5, 0.6) is 0 Å². The first-order valence-electron chi connectivity index (χ1n) is 5.81. The summed E-state index contributed by atoms with van der Waals surface area (Å²) in [4.78, 5) is 2.51. The summed E-state index contributed by atoms with van der Waals surface area (Å²) < 4.78 is 5.40. The molecular formula is C12H24N2O. The Hall–Kier alpha value is -0.380. The van der Waals surface area contributed by atoms with E-state index in [9.17, 15) is 0 Å². The van der Waals surface area contributed by atoms with Crippen LogP contribution < -0.4 is 5.32 Å². The zero-order valence-corrected chi connectivity index (χ0v) is 10.3. The predicted molar refractivity (Wildman–Crippen MR) is 64.1 cm³/mol. The number of hydrogen-bond donors (Lipinski definition) is 1. The number of likely N-dealkylation sites (N-methyl/N-ethyl adjacent to an activating group) is 1. The second-order valence-corrected chi connectivity index (χ2v) is 4.31. The van der Waals surface area contributed by atoms with Crippen molar-refractivity contribution in [1.29, 1.82) is 0 Å². The molecule has 3 heteroatoms. The highest BCUT2D eigenvalue weighted by molar-refractivity contribution is 5.04. The maximum absolute atomic E-state index is 5.40. The van der Waals surface area contributed by atoms with E-state index in [1.807, 2.05) is 13.1 Å². The summed E-state index contributed by atoms with van der Waals surface area (Å²) in [5.41, 5.74) is 0.153. The summed E-state index contributed by atoms with van der Waals surface area (Å²) in [6, 6.07) is 0.334. The lowest BCUT2D eigenvalue weighted by Crippen LogP contribution is -2.60. The van der Waals surface area contributed by atoms with Crippen molar-refractivity contribution in [2.75, 3.05) is 33.4 Å². The van der Waals surface area contributed by atoms with Crippen molar-refractivity contribution in [3.63, 3.8) is 0 Å². The van der Waals surface area contributed by atoms with Crippen LogP contribution in [-0.4, -0.2) is 49.8 Å². The van der Waals surface area contributed by atoms with E-state index in [0.717, 1.165) is 32.7 Å². The fourth-order valence-corrected chi connectivity index (χ4v) is 2.40. The molecule has 3 nitrogen and oxygen atoms in total. The van der Waals surface area contributed by atoms with Gasteiger partial charge in [-0.2, -0.15) is 0 Å². The first-order valence-corrected chi connectivity index (χ1v) is 5.81. The average molecular weight is 212 g/mol. The maximum Gasteiger partial charge on any atom is 0.0594 e. The van der Waals surface area contributed by atoms with E-state index in [2.05, 4.69) is 30.6 Å². The molecule has 0 amide bonds. The summed E-state index contributed by atoms with van der Waals surface area (Å²) >= 11 is 0. The van der Waals surface area contributed by atoms with Crippen LogP contribution in [0, 0.1) is 0 Å². The molecule has 0 aromatic heterocycles. The molecule has 1 heterocycles. The highest BCUT2D eigenvalue weighted by atomic mass is 16.5. The smallest absolute Gasteiger partial charge is 0.0594 e. The Morgan fingerprint density at radius 2 is 2.13 bits per heavy atom. The number of rotatable bonds is 5. The number of hydrogen-bond acceptors (Lipinski definition) is 3. The van der Waals surface area contributed by atoms with Crippen molar-refractivity contribution < 1.29 is 4.74 Å². The van der Waals surface area contributed by atoms with E-state index in [1.54, 1.807) is 0 Å². The lowest BCUT2D eigenvalue weighted by Gasteiger charge is -2.46. The summed E-state index contributed by atoms with van der Waals surface area (Å²) in [5.74, 6) is 0. The Morgan fingerprint density at radius 1 is 1.53 bits per heavy atom. The summed E-state index contributed by atoms with van der Waals surface area (Å²) in [6.07, 6.45) is 3.13. The van der Waals surface area contributed by atoms with Crippen molar-refractivity contribution in [2.24, 2.45) is 0 Å². The third-order valence-electron chi connectivity index (χ3n) is 3.67. The molecule has 0 bridgehead atoms. The van der Waals surface area contributed by atoms with E-state index in [-0.39, 0.29) is 5.54 Å². The minimum atomic E-state index is 0.153. The van der Waals surface area contributed by atoms with Crippen molar-refractivity contribution in [1.82, 2.24) is 10.2 Å². The second kappa shape index (κ2) is 5.64. The van der Waals surface area contributed by atoms with Gasteiger partial charge in [-0.15, -0.1) is 6.58 Å². The number of nitrogens with one attached hydrogen (secondary N) is 1. The van der Waals surface area contributed by atoms with Crippen molar-refractivity contribution in [2.45, 2.75) is 31.8 Å². The monoisotopic (exact) mass is 212 g/mol. The standard InChI is InChI=1S/C12H24N2O/c1-5-11(13-4)12(3,6-2)14-7-9-15-10-8-14/h5,11,13H,1,6-10H2,2-4H3. The van der Waals surface area contributed by atoms with Gasteiger partial charge in [0, 0.05) is 24.7 Å². The van der Waals surface area contributed by atoms with Gasteiger partial charge in [0.25, 0.3) is 0 Å². The van der Waals surface area contributed by atoms with Crippen LogP contribution in [0.4, 0.5) is 0 Å². The fraction of sp³-hybridized carbons (Fsp3) is 0.833. The molecule has 0 radical (unpaired) electrons. The van der Waals surface area contributed by atoms with Gasteiger partial charge in [0.1, 0.15) is 0 Å². The minimum absolute atomic E-state index is 0.153. The van der Waals surface area contributed by atoms with Gasteiger partial charge in [0.05, 0.1) is 13.2 Å². The van der Waals surface area contributed by atoms with Crippen molar-refractivity contribution >= 4 is 0 Å². The van der Waals surface area contributed by atoms with Gasteiger partial charge < -0.3 is 10.1 Å². The Morgan fingerprint density at radius 3 is 2.53 bits per heavy atom. The third kappa shape index (κ3) is 2.60. The summed E-state index contributed by atoms with van der Waals surface area (Å²) in [5, 5.41) is 3.34. The third-order valence-corrected chi connectivity index (χ3v) is 3.67. The van der Waals surface area contributed by atoms with Gasteiger partial charge in [0.2, 0.25) is 0 Å². The van der Waals surface area contributed by atoms with Crippen LogP contribution in [0.25, 0.3) is 0 Å². The van der Waals surface area contributed by atoms with Crippen LogP contribution in [0.2, 0.25) is 0 Å². The van der Waals surface area contributed by atoms with Gasteiger partial charge in [-0.25, -0.2) is 0 Å². The quantitative estimate of drug-likeness (QED) is 0.694. The van der Waals surface area contributed by atoms with E-state index in [0.29, 0.717) is 6.04 Å². The molecule has 0 aliphatic carbocycles. The van der Waals surface area contributed by atoms with E-state index in [4.69, 9.17) is 4.74 Å². The molecule has 0 spiro atoms. The number of ether oxygens (including phenoxy) is 1. The van der Waals surface area contributed by atoms with Gasteiger partial charge in [-0.3, -0.25) is 4.90 Å². The van der Waals surface area contributed by atoms with E-state index >= 15 is 0 Å². The molecule has 1 fully saturated rings. The molecule has 1 saturated heterocycles. The molecule has 1 aliphatic rings. The molecule has 15 heavy (non-hydrogen) atoms. The van der Waals surface area contributed by atoms with Crippen molar-refractivity contribution in [3.05, 3.63) is 12.7 Å². The Bertz CT molecular complexity index is 202. The lowest BCUT2D eigenvalue weighted by molar-refractivity contribution is -0.0253. The van der Waals surface area contributed by atoms with Crippen molar-refractivity contribution in [3.8, 4) is 0 Å². The molecule has 2 unspecified atom stereocenters. The Labute approximate surface area is 93.5 Å². The molecule has 1 N–H and O–H groups in total. The van der Waals surface area contributed by atoms with E-state index < -0.39 is 0 Å².